The summed E-state index contributed by atoms with van der Waals surface area (Å²) in [6.07, 6.45) is 0.891. The number of nitrogens with zero attached hydrogens (tertiary/aromatic N) is 1. The van der Waals surface area contributed by atoms with Crippen LogP contribution in [-0.2, 0) is 0 Å². The summed E-state index contributed by atoms with van der Waals surface area (Å²) >= 11 is 0. The molecule has 1 aliphatic rings. The van der Waals surface area contributed by atoms with E-state index in [9.17, 15) is 5.11 Å². The average Bonchev–Trinajstić information content (AvgIpc) is 1.96. The molecule has 0 radical (unpaired) electrons. The van der Waals surface area contributed by atoms with E-state index >= 15 is 0 Å². The fraction of sp³-hybridized carbons (Fsp3) is 1.00. The first-order chi connectivity index (χ1) is 5.59. The molecular weight excluding hydrogens is 150 g/mol. The lowest BCUT2D eigenvalue weighted by Gasteiger charge is -2.35. The molecule has 0 saturated carbocycles. The molecule has 1 fully saturated rings. The quantitative estimate of drug-likeness (QED) is 0.678. The Hall–Kier alpha value is -0.0800. The van der Waals surface area contributed by atoms with Gasteiger partial charge in [-0.05, 0) is 18.3 Å². The van der Waals surface area contributed by atoms with Crippen LogP contribution in [0.15, 0.2) is 0 Å². The molecule has 0 aromatic rings. The summed E-state index contributed by atoms with van der Waals surface area (Å²) < 4.78 is 0. The van der Waals surface area contributed by atoms with Gasteiger partial charge in [-0.2, -0.15) is 0 Å². The summed E-state index contributed by atoms with van der Waals surface area (Å²) in [6, 6.07) is 0. The van der Waals surface area contributed by atoms with Gasteiger partial charge in [0.1, 0.15) is 0 Å². The van der Waals surface area contributed by atoms with Crippen molar-refractivity contribution in [2.75, 3.05) is 19.6 Å². The van der Waals surface area contributed by atoms with E-state index in [-0.39, 0.29) is 6.10 Å². The van der Waals surface area contributed by atoms with E-state index in [0.29, 0.717) is 5.92 Å². The standard InChI is InChI=1S/C10H21NO/c1-8(2)6-11-5-4-10(12)9(3)7-11/h8-10,12H,4-7H2,1-3H3. The molecule has 0 bridgehead atoms. The van der Waals surface area contributed by atoms with Crippen molar-refractivity contribution in [2.24, 2.45) is 11.8 Å². The Balaban J connectivity index is 2.30. The molecular formula is C10H21NO. The van der Waals surface area contributed by atoms with Crippen molar-refractivity contribution >= 4 is 0 Å². The maximum Gasteiger partial charge on any atom is 0.0590 e. The Morgan fingerprint density at radius 2 is 2.17 bits per heavy atom. The number of aliphatic hydroxyl groups excluding tert-OH is 1. The summed E-state index contributed by atoms with van der Waals surface area (Å²) in [5, 5.41) is 9.50. The van der Waals surface area contributed by atoms with Gasteiger partial charge in [-0.25, -0.2) is 0 Å². The lowest BCUT2D eigenvalue weighted by atomic mass is 9.96. The van der Waals surface area contributed by atoms with Crippen LogP contribution in [0.25, 0.3) is 0 Å². The van der Waals surface area contributed by atoms with E-state index in [1.54, 1.807) is 0 Å². The molecule has 0 aliphatic carbocycles. The molecule has 0 aromatic carbocycles. The van der Waals surface area contributed by atoms with Crippen LogP contribution < -0.4 is 0 Å². The van der Waals surface area contributed by atoms with Gasteiger partial charge in [0.2, 0.25) is 0 Å². The molecule has 0 spiro atoms. The smallest absolute Gasteiger partial charge is 0.0590 e. The zero-order valence-corrected chi connectivity index (χ0v) is 8.45. The van der Waals surface area contributed by atoms with E-state index in [2.05, 4.69) is 25.7 Å². The lowest BCUT2D eigenvalue weighted by Crippen LogP contribution is -2.43. The highest BCUT2D eigenvalue weighted by atomic mass is 16.3. The van der Waals surface area contributed by atoms with Crippen LogP contribution in [0.3, 0.4) is 0 Å². The summed E-state index contributed by atoms with van der Waals surface area (Å²) in [6.45, 7) is 9.95. The molecule has 72 valence electrons. The zero-order valence-electron chi connectivity index (χ0n) is 8.45. The Morgan fingerprint density at radius 3 is 2.67 bits per heavy atom. The van der Waals surface area contributed by atoms with Gasteiger partial charge in [0.25, 0.3) is 0 Å². The van der Waals surface area contributed by atoms with E-state index in [1.165, 1.54) is 6.54 Å². The van der Waals surface area contributed by atoms with Gasteiger partial charge >= 0.3 is 0 Å². The molecule has 1 rings (SSSR count). The summed E-state index contributed by atoms with van der Waals surface area (Å²) in [7, 11) is 0. The van der Waals surface area contributed by atoms with Gasteiger partial charge in [0, 0.05) is 19.6 Å². The molecule has 0 aromatic heterocycles. The lowest BCUT2D eigenvalue weighted by molar-refractivity contribution is 0.0309. The highest BCUT2D eigenvalue weighted by molar-refractivity contribution is 4.77. The number of hydrogen-bond acceptors (Lipinski definition) is 2. The van der Waals surface area contributed by atoms with Crippen molar-refractivity contribution in [1.82, 2.24) is 4.90 Å². The molecule has 12 heavy (non-hydrogen) atoms. The maximum atomic E-state index is 9.50. The van der Waals surface area contributed by atoms with Gasteiger partial charge in [-0.1, -0.05) is 20.8 Å². The monoisotopic (exact) mass is 171 g/mol. The predicted octanol–water partition coefficient (Wildman–Crippen LogP) is 1.35. The van der Waals surface area contributed by atoms with Gasteiger partial charge in [-0.15, -0.1) is 0 Å². The van der Waals surface area contributed by atoms with Gasteiger partial charge < -0.3 is 10.0 Å². The molecule has 1 heterocycles. The molecule has 2 nitrogen and oxygen atoms in total. The minimum atomic E-state index is -0.0617. The minimum Gasteiger partial charge on any atom is -0.393 e. The molecule has 1 saturated heterocycles. The molecule has 2 unspecified atom stereocenters. The van der Waals surface area contributed by atoms with Crippen LogP contribution in [0.1, 0.15) is 27.2 Å². The fourth-order valence-electron chi connectivity index (χ4n) is 1.90. The zero-order chi connectivity index (χ0) is 9.14. The topological polar surface area (TPSA) is 23.5 Å². The Labute approximate surface area is 75.6 Å². The van der Waals surface area contributed by atoms with Crippen molar-refractivity contribution in [3.63, 3.8) is 0 Å². The van der Waals surface area contributed by atoms with Crippen LogP contribution in [0, 0.1) is 11.8 Å². The summed E-state index contributed by atoms with van der Waals surface area (Å²) in [5.74, 6) is 1.20. The third kappa shape index (κ3) is 2.76. The van der Waals surface area contributed by atoms with Crippen LogP contribution in [0.2, 0.25) is 0 Å². The van der Waals surface area contributed by atoms with Crippen molar-refractivity contribution in [2.45, 2.75) is 33.3 Å². The molecule has 1 N–H and O–H groups in total. The normalized spacial score (nSPS) is 32.8. The van der Waals surface area contributed by atoms with E-state index in [0.717, 1.165) is 25.4 Å². The van der Waals surface area contributed by atoms with Crippen molar-refractivity contribution < 1.29 is 5.11 Å². The van der Waals surface area contributed by atoms with Crippen molar-refractivity contribution in [1.29, 1.82) is 0 Å². The first-order valence-corrected chi connectivity index (χ1v) is 5.00. The maximum absolute atomic E-state index is 9.50. The summed E-state index contributed by atoms with van der Waals surface area (Å²) in [4.78, 5) is 2.46. The van der Waals surface area contributed by atoms with Gasteiger partial charge in [-0.3, -0.25) is 0 Å². The first kappa shape index (κ1) is 10.0. The predicted molar refractivity (Wildman–Crippen MR) is 51.1 cm³/mol. The van der Waals surface area contributed by atoms with Crippen LogP contribution in [0.5, 0.6) is 0 Å². The largest absolute Gasteiger partial charge is 0.393 e. The molecule has 1 aliphatic heterocycles. The first-order valence-electron chi connectivity index (χ1n) is 5.00. The average molecular weight is 171 g/mol. The number of aliphatic hydroxyl groups is 1. The third-order valence-electron chi connectivity index (χ3n) is 2.57. The number of likely N-dealkylation sites (tertiary alicyclic amines) is 1. The Morgan fingerprint density at radius 1 is 1.50 bits per heavy atom. The molecule has 0 amide bonds. The SMILES string of the molecule is CC(C)CN1CCC(O)C(C)C1. The second-order valence-corrected chi connectivity index (χ2v) is 4.49. The van der Waals surface area contributed by atoms with Gasteiger partial charge in [0.05, 0.1) is 6.10 Å². The van der Waals surface area contributed by atoms with E-state index in [1.807, 2.05) is 0 Å². The highest BCUT2D eigenvalue weighted by Gasteiger charge is 2.23. The summed E-state index contributed by atoms with van der Waals surface area (Å²) in [5.41, 5.74) is 0. The highest BCUT2D eigenvalue weighted by Crippen LogP contribution is 2.17. The molecule has 2 atom stereocenters. The van der Waals surface area contributed by atoms with Crippen molar-refractivity contribution in [3.05, 3.63) is 0 Å². The van der Waals surface area contributed by atoms with E-state index < -0.39 is 0 Å². The Bertz CT molecular complexity index is 136. The fourth-order valence-corrected chi connectivity index (χ4v) is 1.90. The molecule has 2 heteroatoms. The second-order valence-electron chi connectivity index (χ2n) is 4.49. The van der Waals surface area contributed by atoms with Crippen molar-refractivity contribution in [3.8, 4) is 0 Å². The Kier molecular flexibility index (Phi) is 3.53. The van der Waals surface area contributed by atoms with E-state index in [4.69, 9.17) is 0 Å². The van der Waals surface area contributed by atoms with Crippen LogP contribution in [0.4, 0.5) is 0 Å². The third-order valence-corrected chi connectivity index (χ3v) is 2.57. The van der Waals surface area contributed by atoms with Crippen LogP contribution in [-0.4, -0.2) is 35.7 Å². The number of rotatable bonds is 2. The number of piperidine rings is 1. The van der Waals surface area contributed by atoms with Crippen LogP contribution >= 0.6 is 0 Å². The minimum absolute atomic E-state index is 0.0617. The second kappa shape index (κ2) is 4.24. The van der Waals surface area contributed by atoms with Gasteiger partial charge in [0.15, 0.2) is 0 Å². The number of hydrogen-bond donors (Lipinski definition) is 1.